The number of carbonyl (C=O) groups excluding carboxylic acids is 1. The van der Waals surface area contributed by atoms with Crippen LogP contribution in [0.25, 0.3) is 16.4 Å². The van der Waals surface area contributed by atoms with Gasteiger partial charge in [0.25, 0.3) is 0 Å². The van der Waals surface area contributed by atoms with Gasteiger partial charge in [0, 0.05) is 17.5 Å². The van der Waals surface area contributed by atoms with Gasteiger partial charge in [0.15, 0.2) is 5.78 Å². The standard InChI is InChI=1S/C26H25N3O/c30-26(25-23(18-5-6-18)12-11-22-15-27-16-29(22)25)20-8-3-17(4-9-20)21-10-7-19-2-1-13-28-24(19)14-21/h1-2,7,10-18,20H,3-6,8-9H2. The van der Waals surface area contributed by atoms with Crippen molar-refractivity contribution < 1.29 is 4.79 Å². The Labute approximate surface area is 176 Å². The number of nitrogens with zero attached hydrogens (tertiary/aromatic N) is 3. The smallest absolute Gasteiger partial charge is 0.182 e. The van der Waals surface area contributed by atoms with E-state index >= 15 is 0 Å². The summed E-state index contributed by atoms with van der Waals surface area (Å²) >= 11 is 0. The van der Waals surface area contributed by atoms with Gasteiger partial charge in [-0.25, -0.2) is 4.98 Å². The minimum atomic E-state index is 0.116. The number of hydrogen-bond donors (Lipinski definition) is 0. The highest BCUT2D eigenvalue weighted by molar-refractivity contribution is 5.98. The molecule has 30 heavy (non-hydrogen) atoms. The first-order valence-corrected chi connectivity index (χ1v) is 11.1. The zero-order chi connectivity index (χ0) is 20.1. The van der Waals surface area contributed by atoms with E-state index in [2.05, 4.69) is 46.4 Å². The molecule has 1 aromatic carbocycles. The fraction of sp³-hybridized carbons (Fsp3) is 0.346. The van der Waals surface area contributed by atoms with Crippen LogP contribution in [-0.4, -0.2) is 20.2 Å². The molecule has 0 bridgehead atoms. The number of benzene rings is 1. The van der Waals surface area contributed by atoms with Crippen molar-refractivity contribution in [3.63, 3.8) is 0 Å². The third-order valence-electron chi connectivity index (χ3n) is 7.07. The van der Waals surface area contributed by atoms with Crippen LogP contribution < -0.4 is 0 Å². The van der Waals surface area contributed by atoms with Crippen molar-refractivity contribution in [2.75, 3.05) is 0 Å². The minimum Gasteiger partial charge on any atom is -0.296 e. The summed E-state index contributed by atoms with van der Waals surface area (Å²) in [7, 11) is 0. The van der Waals surface area contributed by atoms with Crippen molar-refractivity contribution >= 4 is 22.2 Å². The van der Waals surface area contributed by atoms with Crippen molar-refractivity contribution in [2.45, 2.75) is 50.4 Å². The first kappa shape index (κ1) is 17.8. The number of pyridine rings is 2. The van der Waals surface area contributed by atoms with E-state index in [1.54, 1.807) is 0 Å². The molecule has 2 saturated carbocycles. The van der Waals surface area contributed by atoms with Crippen LogP contribution in [0.1, 0.15) is 72.0 Å². The topological polar surface area (TPSA) is 47.3 Å². The number of fused-ring (bicyclic) bond motifs is 2. The lowest BCUT2D eigenvalue weighted by Crippen LogP contribution is -2.24. The quantitative estimate of drug-likeness (QED) is 0.403. The third-order valence-corrected chi connectivity index (χ3v) is 7.07. The van der Waals surface area contributed by atoms with Crippen LogP contribution in [0.15, 0.2) is 61.2 Å². The molecule has 2 aliphatic rings. The molecule has 0 unspecified atom stereocenters. The van der Waals surface area contributed by atoms with Crippen molar-refractivity contribution in [3.8, 4) is 0 Å². The SMILES string of the molecule is O=C(c1c(C2CC2)ccc2cncn12)C1CCC(c2ccc3cccnc3c2)CC1. The molecule has 4 aromatic rings. The summed E-state index contributed by atoms with van der Waals surface area (Å²) in [6, 6.07) is 15.0. The Kier molecular flexibility index (Phi) is 4.19. The van der Waals surface area contributed by atoms with Crippen LogP contribution in [0.3, 0.4) is 0 Å². The molecule has 0 spiro atoms. The second-order valence-electron chi connectivity index (χ2n) is 8.97. The maximum atomic E-state index is 13.6. The maximum Gasteiger partial charge on any atom is 0.182 e. The molecule has 0 aliphatic heterocycles. The van der Waals surface area contributed by atoms with E-state index in [0.717, 1.165) is 42.4 Å². The van der Waals surface area contributed by atoms with E-state index in [0.29, 0.717) is 17.6 Å². The van der Waals surface area contributed by atoms with Gasteiger partial charge in [-0.1, -0.05) is 24.3 Å². The second kappa shape index (κ2) is 7.05. The fourth-order valence-electron chi connectivity index (χ4n) is 5.21. The third kappa shape index (κ3) is 3.02. The Hall–Kier alpha value is -3.01. The van der Waals surface area contributed by atoms with Crippen LogP contribution in [0, 0.1) is 5.92 Å². The molecule has 2 fully saturated rings. The molecular formula is C26H25N3O. The van der Waals surface area contributed by atoms with Gasteiger partial charge in [-0.05, 0) is 79.7 Å². The molecule has 2 aliphatic carbocycles. The van der Waals surface area contributed by atoms with Gasteiger partial charge in [0.1, 0.15) is 0 Å². The Balaban J connectivity index is 1.24. The molecular weight excluding hydrogens is 370 g/mol. The van der Waals surface area contributed by atoms with Gasteiger partial charge in [0.05, 0.1) is 29.3 Å². The summed E-state index contributed by atoms with van der Waals surface area (Å²) < 4.78 is 2.02. The Morgan fingerprint density at radius 2 is 1.77 bits per heavy atom. The lowest BCUT2D eigenvalue weighted by molar-refractivity contribution is 0.0876. The molecule has 4 nitrogen and oxygen atoms in total. The van der Waals surface area contributed by atoms with Gasteiger partial charge in [-0.15, -0.1) is 0 Å². The molecule has 6 rings (SSSR count). The van der Waals surface area contributed by atoms with Gasteiger partial charge >= 0.3 is 0 Å². The maximum absolute atomic E-state index is 13.6. The number of carbonyl (C=O) groups is 1. The van der Waals surface area contributed by atoms with E-state index in [9.17, 15) is 4.79 Å². The first-order valence-electron chi connectivity index (χ1n) is 11.1. The summed E-state index contributed by atoms with van der Waals surface area (Å²) in [5.74, 6) is 1.51. The van der Waals surface area contributed by atoms with E-state index in [-0.39, 0.29) is 5.92 Å². The monoisotopic (exact) mass is 395 g/mol. The van der Waals surface area contributed by atoms with Gasteiger partial charge in [-0.3, -0.25) is 14.2 Å². The van der Waals surface area contributed by atoms with Gasteiger partial charge in [-0.2, -0.15) is 0 Å². The first-order chi connectivity index (χ1) is 14.8. The molecule has 0 radical (unpaired) electrons. The summed E-state index contributed by atoms with van der Waals surface area (Å²) in [6.07, 6.45) is 11.9. The second-order valence-corrected chi connectivity index (χ2v) is 8.97. The van der Waals surface area contributed by atoms with Gasteiger partial charge < -0.3 is 0 Å². The zero-order valence-electron chi connectivity index (χ0n) is 17.0. The zero-order valence-corrected chi connectivity index (χ0v) is 17.0. The molecule has 0 N–H and O–H groups in total. The summed E-state index contributed by atoms with van der Waals surface area (Å²) in [5, 5.41) is 1.19. The van der Waals surface area contributed by atoms with Crippen LogP contribution in [-0.2, 0) is 0 Å². The van der Waals surface area contributed by atoms with Crippen molar-refractivity contribution in [1.82, 2.24) is 14.4 Å². The average Bonchev–Trinajstić information content (AvgIpc) is 3.54. The molecule has 0 atom stereocenters. The lowest BCUT2D eigenvalue weighted by atomic mass is 9.76. The molecule has 3 heterocycles. The predicted octanol–water partition coefficient (Wildman–Crippen LogP) is 5.92. The fourth-order valence-corrected chi connectivity index (χ4v) is 5.21. The molecule has 0 saturated heterocycles. The Morgan fingerprint density at radius 1 is 0.933 bits per heavy atom. The molecule has 150 valence electrons. The van der Waals surface area contributed by atoms with Crippen LogP contribution in [0.5, 0.6) is 0 Å². The minimum absolute atomic E-state index is 0.116. The van der Waals surface area contributed by atoms with Crippen molar-refractivity contribution in [2.24, 2.45) is 5.92 Å². The van der Waals surface area contributed by atoms with Crippen molar-refractivity contribution in [3.05, 3.63) is 78.0 Å². The summed E-state index contributed by atoms with van der Waals surface area (Å²) in [4.78, 5) is 22.4. The van der Waals surface area contributed by atoms with E-state index in [1.165, 1.54) is 29.4 Å². The molecule has 3 aromatic heterocycles. The van der Waals surface area contributed by atoms with E-state index in [4.69, 9.17) is 0 Å². The lowest BCUT2D eigenvalue weighted by Gasteiger charge is -2.28. The Morgan fingerprint density at radius 3 is 2.60 bits per heavy atom. The number of ketones is 1. The number of aromatic nitrogens is 3. The molecule has 4 heteroatoms. The number of Topliss-reactive ketones (excluding diaryl/α,β-unsaturated/α-hetero) is 1. The highest BCUT2D eigenvalue weighted by Gasteiger charge is 2.34. The summed E-state index contributed by atoms with van der Waals surface area (Å²) in [5.41, 5.74) is 5.57. The van der Waals surface area contributed by atoms with E-state index < -0.39 is 0 Å². The number of rotatable bonds is 4. The van der Waals surface area contributed by atoms with Crippen LogP contribution in [0.4, 0.5) is 0 Å². The van der Waals surface area contributed by atoms with E-state index in [1.807, 2.05) is 29.2 Å². The summed E-state index contributed by atoms with van der Waals surface area (Å²) in [6.45, 7) is 0. The van der Waals surface area contributed by atoms with Crippen LogP contribution in [0.2, 0.25) is 0 Å². The predicted molar refractivity (Wildman–Crippen MR) is 118 cm³/mol. The van der Waals surface area contributed by atoms with Crippen molar-refractivity contribution in [1.29, 1.82) is 0 Å². The van der Waals surface area contributed by atoms with Gasteiger partial charge in [0.2, 0.25) is 0 Å². The largest absolute Gasteiger partial charge is 0.296 e. The number of hydrogen-bond acceptors (Lipinski definition) is 3. The Bertz CT molecular complexity index is 1250. The highest BCUT2D eigenvalue weighted by atomic mass is 16.1. The normalized spacial score (nSPS) is 21.9. The average molecular weight is 396 g/mol. The highest BCUT2D eigenvalue weighted by Crippen LogP contribution is 2.44. The number of imidazole rings is 1. The molecule has 0 amide bonds. The van der Waals surface area contributed by atoms with Crippen LogP contribution >= 0.6 is 0 Å².